The van der Waals surface area contributed by atoms with E-state index in [1.54, 1.807) is 12.4 Å². The SMILES string of the molecule is CC(NC(=O)CC1CCNC1)c1ccncc1. The third-order valence-electron chi connectivity index (χ3n) is 3.22. The van der Waals surface area contributed by atoms with E-state index in [0.717, 1.165) is 25.1 Å². The van der Waals surface area contributed by atoms with Crippen molar-refractivity contribution in [2.24, 2.45) is 5.92 Å². The molecule has 17 heavy (non-hydrogen) atoms. The van der Waals surface area contributed by atoms with E-state index in [1.165, 1.54) is 0 Å². The highest BCUT2D eigenvalue weighted by atomic mass is 16.1. The minimum absolute atomic E-state index is 0.0554. The van der Waals surface area contributed by atoms with E-state index in [9.17, 15) is 4.79 Å². The number of hydrogen-bond donors (Lipinski definition) is 2. The summed E-state index contributed by atoms with van der Waals surface area (Å²) in [5, 5.41) is 6.30. The molecule has 2 heterocycles. The second kappa shape index (κ2) is 5.77. The summed E-state index contributed by atoms with van der Waals surface area (Å²) in [5.74, 6) is 0.641. The van der Waals surface area contributed by atoms with E-state index in [1.807, 2.05) is 19.1 Å². The molecule has 1 aromatic rings. The van der Waals surface area contributed by atoms with Crippen LogP contribution in [0.2, 0.25) is 0 Å². The van der Waals surface area contributed by atoms with Crippen LogP contribution in [0.5, 0.6) is 0 Å². The Morgan fingerprint density at radius 1 is 1.59 bits per heavy atom. The lowest BCUT2D eigenvalue weighted by molar-refractivity contribution is -0.122. The number of pyridine rings is 1. The van der Waals surface area contributed by atoms with Crippen molar-refractivity contribution < 1.29 is 4.79 Å². The maximum atomic E-state index is 11.8. The number of nitrogens with zero attached hydrogens (tertiary/aromatic N) is 1. The lowest BCUT2D eigenvalue weighted by Gasteiger charge is -2.15. The molecule has 1 aliphatic rings. The van der Waals surface area contributed by atoms with Crippen molar-refractivity contribution in [1.82, 2.24) is 15.6 Å². The van der Waals surface area contributed by atoms with Crippen molar-refractivity contribution in [2.45, 2.75) is 25.8 Å². The molecule has 1 fully saturated rings. The Labute approximate surface area is 102 Å². The minimum Gasteiger partial charge on any atom is -0.350 e. The van der Waals surface area contributed by atoms with Crippen molar-refractivity contribution in [1.29, 1.82) is 0 Å². The standard InChI is InChI=1S/C13H19N3O/c1-10(12-3-6-14-7-4-12)16-13(17)8-11-2-5-15-9-11/h3-4,6-7,10-11,15H,2,5,8-9H2,1H3,(H,16,17). The van der Waals surface area contributed by atoms with Gasteiger partial charge in [0.25, 0.3) is 0 Å². The second-order valence-electron chi connectivity index (χ2n) is 4.63. The zero-order chi connectivity index (χ0) is 12.1. The first kappa shape index (κ1) is 12.0. The van der Waals surface area contributed by atoms with Gasteiger partial charge in [-0.2, -0.15) is 0 Å². The fourth-order valence-electron chi connectivity index (χ4n) is 2.19. The van der Waals surface area contributed by atoms with E-state index in [2.05, 4.69) is 15.6 Å². The van der Waals surface area contributed by atoms with Gasteiger partial charge in [-0.15, -0.1) is 0 Å². The first-order chi connectivity index (χ1) is 8.25. The molecule has 2 atom stereocenters. The highest BCUT2D eigenvalue weighted by molar-refractivity contribution is 5.76. The van der Waals surface area contributed by atoms with Gasteiger partial charge in [0.15, 0.2) is 0 Å². The van der Waals surface area contributed by atoms with E-state index >= 15 is 0 Å². The maximum absolute atomic E-state index is 11.8. The Morgan fingerprint density at radius 3 is 3.00 bits per heavy atom. The van der Waals surface area contributed by atoms with Crippen LogP contribution < -0.4 is 10.6 Å². The fraction of sp³-hybridized carbons (Fsp3) is 0.538. The van der Waals surface area contributed by atoms with Crippen LogP contribution in [0.15, 0.2) is 24.5 Å². The van der Waals surface area contributed by atoms with Crippen LogP contribution in [-0.4, -0.2) is 24.0 Å². The van der Waals surface area contributed by atoms with Gasteiger partial charge in [-0.3, -0.25) is 9.78 Å². The zero-order valence-corrected chi connectivity index (χ0v) is 10.1. The van der Waals surface area contributed by atoms with Gasteiger partial charge >= 0.3 is 0 Å². The summed E-state index contributed by atoms with van der Waals surface area (Å²) in [6, 6.07) is 3.92. The summed E-state index contributed by atoms with van der Waals surface area (Å²) in [5.41, 5.74) is 1.10. The smallest absolute Gasteiger partial charge is 0.220 e. The van der Waals surface area contributed by atoms with Gasteiger partial charge in [0.2, 0.25) is 5.91 Å². The van der Waals surface area contributed by atoms with Crippen molar-refractivity contribution in [3.8, 4) is 0 Å². The van der Waals surface area contributed by atoms with Gasteiger partial charge in [-0.1, -0.05) is 0 Å². The highest BCUT2D eigenvalue weighted by Crippen LogP contribution is 2.14. The summed E-state index contributed by atoms with van der Waals surface area (Å²) in [7, 11) is 0. The number of carbonyl (C=O) groups excluding carboxylic acids is 1. The number of rotatable bonds is 4. The van der Waals surface area contributed by atoms with E-state index in [-0.39, 0.29) is 11.9 Å². The monoisotopic (exact) mass is 233 g/mol. The van der Waals surface area contributed by atoms with Gasteiger partial charge in [0, 0.05) is 18.8 Å². The molecular weight excluding hydrogens is 214 g/mol. The molecule has 4 nitrogen and oxygen atoms in total. The van der Waals surface area contributed by atoms with Crippen molar-refractivity contribution >= 4 is 5.91 Å². The first-order valence-electron chi connectivity index (χ1n) is 6.15. The van der Waals surface area contributed by atoms with Gasteiger partial charge < -0.3 is 10.6 Å². The average Bonchev–Trinajstić information content (AvgIpc) is 2.82. The number of nitrogens with one attached hydrogen (secondary N) is 2. The molecule has 1 amide bonds. The number of aromatic nitrogens is 1. The molecule has 2 N–H and O–H groups in total. The van der Waals surface area contributed by atoms with Crippen LogP contribution in [0, 0.1) is 5.92 Å². The molecule has 0 bridgehead atoms. The molecule has 0 radical (unpaired) electrons. The Bertz CT molecular complexity index is 360. The average molecular weight is 233 g/mol. The number of carbonyl (C=O) groups is 1. The van der Waals surface area contributed by atoms with Crippen molar-refractivity contribution in [3.05, 3.63) is 30.1 Å². The van der Waals surface area contributed by atoms with Crippen LogP contribution in [-0.2, 0) is 4.79 Å². The lowest BCUT2D eigenvalue weighted by Crippen LogP contribution is -2.28. The maximum Gasteiger partial charge on any atom is 0.220 e. The van der Waals surface area contributed by atoms with E-state index in [4.69, 9.17) is 0 Å². The van der Waals surface area contributed by atoms with Gasteiger partial charge in [0.1, 0.15) is 0 Å². The molecule has 2 unspecified atom stereocenters. The molecule has 0 aromatic carbocycles. The second-order valence-corrected chi connectivity index (χ2v) is 4.63. The summed E-state index contributed by atoms with van der Waals surface area (Å²) < 4.78 is 0. The van der Waals surface area contributed by atoms with Gasteiger partial charge in [-0.05, 0) is 50.0 Å². The third-order valence-corrected chi connectivity index (χ3v) is 3.22. The van der Waals surface area contributed by atoms with Crippen LogP contribution in [0.25, 0.3) is 0 Å². The normalized spacial score (nSPS) is 21.1. The zero-order valence-electron chi connectivity index (χ0n) is 10.1. The summed E-state index contributed by atoms with van der Waals surface area (Å²) >= 11 is 0. The Hall–Kier alpha value is -1.42. The lowest BCUT2D eigenvalue weighted by atomic mass is 10.0. The molecule has 1 saturated heterocycles. The largest absolute Gasteiger partial charge is 0.350 e. The summed E-state index contributed by atoms with van der Waals surface area (Å²) in [4.78, 5) is 15.8. The number of amides is 1. The molecule has 2 rings (SSSR count). The molecular formula is C13H19N3O. The molecule has 0 aliphatic carbocycles. The molecule has 1 aliphatic heterocycles. The van der Waals surface area contributed by atoms with Gasteiger partial charge in [0.05, 0.1) is 6.04 Å². The van der Waals surface area contributed by atoms with Crippen LogP contribution in [0.3, 0.4) is 0 Å². The van der Waals surface area contributed by atoms with Crippen molar-refractivity contribution in [2.75, 3.05) is 13.1 Å². The van der Waals surface area contributed by atoms with Gasteiger partial charge in [-0.25, -0.2) is 0 Å². The Balaban J connectivity index is 1.81. The molecule has 1 aromatic heterocycles. The molecule has 4 heteroatoms. The summed E-state index contributed by atoms with van der Waals surface area (Å²) in [6.07, 6.45) is 5.23. The quantitative estimate of drug-likeness (QED) is 0.823. The molecule has 0 saturated carbocycles. The predicted octanol–water partition coefficient (Wildman–Crippen LogP) is 1.26. The van der Waals surface area contributed by atoms with Crippen LogP contribution >= 0.6 is 0 Å². The van der Waals surface area contributed by atoms with Crippen LogP contribution in [0.1, 0.15) is 31.4 Å². The Morgan fingerprint density at radius 2 is 2.35 bits per heavy atom. The highest BCUT2D eigenvalue weighted by Gasteiger charge is 2.19. The minimum atomic E-state index is 0.0554. The summed E-state index contributed by atoms with van der Waals surface area (Å²) in [6.45, 7) is 4.01. The topological polar surface area (TPSA) is 54.0 Å². The fourth-order valence-corrected chi connectivity index (χ4v) is 2.19. The van der Waals surface area contributed by atoms with E-state index < -0.39 is 0 Å². The molecule has 92 valence electrons. The predicted molar refractivity (Wildman–Crippen MR) is 66.4 cm³/mol. The molecule has 0 spiro atoms. The van der Waals surface area contributed by atoms with Crippen LogP contribution in [0.4, 0.5) is 0 Å². The Kier molecular flexibility index (Phi) is 4.09. The van der Waals surface area contributed by atoms with Crippen molar-refractivity contribution in [3.63, 3.8) is 0 Å². The third kappa shape index (κ3) is 3.53. The number of hydrogen-bond acceptors (Lipinski definition) is 3. The first-order valence-corrected chi connectivity index (χ1v) is 6.15. The van der Waals surface area contributed by atoms with E-state index in [0.29, 0.717) is 12.3 Å².